The maximum atomic E-state index is 4.49. The Kier molecular flexibility index (Phi) is 4.42. The van der Waals surface area contributed by atoms with E-state index >= 15 is 0 Å². The minimum Gasteiger partial charge on any atom is -0.412 e. The Bertz CT molecular complexity index is 624. The van der Waals surface area contributed by atoms with Crippen molar-refractivity contribution in [1.82, 2.24) is 14.5 Å². The summed E-state index contributed by atoms with van der Waals surface area (Å²) in [6.45, 7) is 4.29. The molecule has 1 aromatic carbocycles. The highest BCUT2D eigenvalue weighted by atomic mass is 16.0. The van der Waals surface area contributed by atoms with Crippen molar-refractivity contribution in [2.75, 3.05) is 0 Å². The monoisotopic (exact) mass is 262 g/mol. The van der Waals surface area contributed by atoms with Crippen molar-refractivity contribution in [2.24, 2.45) is 0 Å². The van der Waals surface area contributed by atoms with Crippen molar-refractivity contribution in [3.05, 3.63) is 43.0 Å². The Hall–Kier alpha value is -2.18. The number of imidazole rings is 2. The molecule has 0 fully saturated rings. The van der Waals surface area contributed by atoms with Gasteiger partial charge in [0.1, 0.15) is 6.33 Å². The number of para-hydroxylation sites is 2. The second-order valence-electron chi connectivity index (χ2n) is 4.37. The summed E-state index contributed by atoms with van der Waals surface area (Å²) in [5, 5.41) is 0. The van der Waals surface area contributed by atoms with Gasteiger partial charge in [-0.3, -0.25) is 4.57 Å². The molecule has 0 aliphatic rings. The van der Waals surface area contributed by atoms with E-state index in [9.17, 15) is 0 Å². The van der Waals surface area contributed by atoms with E-state index in [1.165, 1.54) is 0 Å². The largest absolute Gasteiger partial charge is 0.412 e. The van der Waals surface area contributed by atoms with Gasteiger partial charge in [-0.05, 0) is 20.0 Å². The van der Waals surface area contributed by atoms with Crippen LogP contribution >= 0.6 is 0 Å². The van der Waals surface area contributed by atoms with Gasteiger partial charge in [0.2, 0.25) is 0 Å². The van der Waals surface area contributed by atoms with Crippen LogP contribution in [-0.4, -0.2) is 20.5 Å². The third-order valence-electron chi connectivity index (χ3n) is 2.81. The Morgan fingerprint density at radius 2 is 1.95 bits per heavy atom. The van der Waals surface area contributed by atoms with E-state index in [1.807, 2.05) is 47.6 Å². The van der Waals surface area contributed by atoms with Gasteiger partial charge in [0.05, 0.1) is 12.2 Å². The molecule has 19 heavy (non-hydrogen) atoms. The molecular weight excluding hydrogens is 244 g/mol. The number of benzene rings is 1. The summed E-state index contributed by atoms with van der Waals surface area (Å²) in [5.41, 5.74) is 1.87. The molecule has 0 bridgehead atoms. The molecule has 3 rings (SSSR count). The lowest BCUT2D eigenvalue weighted by atomic mass is 10.3. The standard InChI is InChI=1S/C13H14N4.2H2O/c1-10(2)16-7-8-17(9-16)13-14-11-5-3-4-6-12(11)15-13;;/h3-10H,1-2H3;2*1H2. The predicted octanol–water partition coefficient (Wildman–Crippen LogP) is 0.202. The van der Waals surface area contributed by atoms with Gasteiger partial charge in [-0.1, -0.05) is 24.3 Å². The van der Waals surface area contributed by atoms with E-state index in [1.54, 1.807) is 0 Å². The Balaban J connectivity index is 0.000000902. The maximum absolute atomic E-state index is 4.49. The lowest BCUT2D eigenvalue weighted by Gasteiger charge is -2.04. The number of hydrogen-bond donors (Lipinski definition) is 0. The summed E-state index contributed by atoms with van der Waals surface area (Å²) >= 11 is 0. The van der Waals surface area contributed by atoms with Gasteiger partial charge in [-0.15, -0.1) is 0 Å². The molecule has 0 aliphatic carbocycles. The molecule has 0 atom stereocenters. The van der Waals surface area contributed by atoms with Crippen LogP contribution in [0.15, 0.2) is 43.0 Å². The third-order valence-corrected chi connectivity index (χ3v) is 2.81. The van der Waals surface area contributed by atoms with Gasteiger partial charge >= 0.3 is 0 Å². The zero-order valence-corrected chi connectivity index (χ0v) is 10.9. The minimum atomic E-state index is 0. The van der Waals surface area contributed by atoms with Crippen LogP contribution in [0, 0.1) is 0 Å². The summed E-state index contributed by atoms with van der Waals surface area (Å²) in [7, 11) is 0. The molecule has 102 valence electrons. The van der Waals surface area contributed by atoms with Crippen LogP contribution in [0.4, 0.5) is 0 Å². The third kappa shape index (κ3) is 2.64. The molecule has 4 N–H and O–H groups in total. The van der Waals surface area contributed by atoms with Crippen molar-refractivity contribution < 1.29 is 15.5 Å². The molecular formula is C13H18N4O2. The number of rotatable bonds is 2. The van der Waals surface area contributed by atoms with E-state index in [4.69, 9.17) is 0 Å². The Morgan fingerprint density at radius 1 is 1.21 bits per heavy atom. The second-order valence-corrected chi connectivity index (χ2v) is 4.37. The van der Waals surface area contributed by atoms with Crippen molar-refractivity contribution in [1.29, 1.82) is 0 Å². The first kappa shape index (κ1) is 14.9. The average molecular weight is 262 g/mol. The molecule has 6 heteroatoms. The first-order chi connectivity index (χ1) is 8.24. The van der Waals surface area contributed by atoms with E-state index in [0.717, 1.165) is 17.0 Å². The van der Waals surface area contributed by atoms with Crippen molar-refractivity contribution >= 4 is 11.0 Å². The highest BCUT2D eigenvalue weighted by Crippen LogP contribution is 2.11. The van der Waals surface area contributed by atoms with Crippen molar-refractivity contribution in [3.63, 3.8) is 0 Å². The second kappa shape index (κ2) is 5.64. The van der Waals surface area contributed by atoms with Crippen LogP contribution < -0.4 is 9.55 Å². The van der Waals surface area contributed by atoms with Gasteiger partial charge in [-0.25, -0.2) is 0 Å². The lowest BCUT2D eigenvalue weighted by molar-refractivity contribution is -0.715. The Morgan fingerprint density at radius 3 is 2.58 bits per heavy atom. The zero-order chi connectivity index (χ0) is 11.8. The van der Waals surface area contributed by atoms with Gasteiger partial charge in [0.25, 0.3) is 0 Å². The van der Waals surface area contributed by atoms with E-state index in [0.29, 0.717) is 6.04 Å². The number of fused-ring (bicyclic) bond motifs is 1. The highest BCUT2D eigenvalue weighted by Gasteiger charge is 2.01. The smallest absolute Gasteiger partial charge is 0.108 e. The highest BCUT2D eigenvalue weighted by molar-refractivity contribution is 5.75. The number of aromatic nitrogens is 4. The van der Waals surface area contributed by atoms with Gasteiger partial charge < -0.3 is 25.5 Å². The SMILES string of the molecule is CC(C)[n+]1ccn(-c2nc3ccccc3[n-]2)c1.O.O. The van der Waals surface area contributed by atoms with E-state index in [2.05, 4.69) is 28.4 Å². The molecule has 0 amide bonds. The van der Waals surface area contributed by atoms with Crippen molar-refractivity contribution in [3.8, 4) is 5.95 Å². The summed E-state index contributed by atoms with van der Waals surface area (Å²) in [6, 6.07) is 8.35. The van der Waals surface area contributed by atoms with Crippen LogP contribution in [0.1, 0.15) is 19.9 Å². The van der Waals surface area contributed by atoms with Crippen LogP contribution in [0.25, 0.3) is 17.0 Å². The molecule has 0 aliphatic heterocycles. The summed E-state index contributed by atoms with van der Waals surface area (Å²) in [4.78, 5) is 8.99. The van der Waals surface area contributed by atoms with Gasteiger partial charge in [0, 0.05) is 17.0 Å². The fourth-order valence-electron chi connectivity index (χ4n) is 1.80. The lowest BCUT2D eigenvalue weighted by Crippen LogP contribution is -2.33. The summed E-state index contributed by atoms with van der Waals surface area (Å²) in [5.74, 6) is 0.727. The molecule has 0 unspecified atom stereocenters. The normalized spacial score (nSPS) is 10.3. The summed E-state index contributed by atoms with van der Waals surface area (Å²) in [6.07, 6.45) is 6.03. The van der Waals surface area contributed by atoms with Gasteiger partial charge in [0.15, 0.2) is 0 Å². The average Bonchev–Trinajstić information content (AvgIpc) is 2.95. The first-order valence-electron chi connectivity index (χ1n) is 5.72. The minimum absolute atomic E-state index is 0. The maximum Gasteiger partial charge on any atom is 0.108 e. The molecule has 2 aromatic heterocycles. The fraction of sp³-hybridized carbons (Fsp3) is 0.231. The molecule has 0 spiro atoms. The van der Waals surface area contributed by atoms with Crippen LogP contribution in [0.3, 0.4) is 0 Å². The van der Waals surface area contributed by atoms with E-state index < -0.39 is 0 Å². The van der Waals surface area contributed by atoms with Crippen LogP contribution in [0.5, 0.6) is 0 Å². The predicted molar refractivity (Wildman–Crippen MR) is 72.2 cm³/mol. The molecule has 0 radical (unpaired) electrons. The van der Waals surface area contributed by atoms with E-state index in [-0.39, 0.29) is 11.0 Å². The Labute approximate surface area is 111 Å². The van der Waals surface area contributed by atoms with Crippen molar-refractivity contribution in [2.45, 2.75) is 19.9 Å². The van der Waals surface area contributed by atoms with Crippen LogP contribution in [0.2, 0.25) is 0 Å². The first-order valence-corrected chi connectivity index (χ1v) is 5.72. The zero-order valence-electron chi connectivity index (χ0n) is 10.9. The molecule has 3 aromatic rings. The fourth-order valence-corrected chi connectivity index (χ4v) is 1.80. The van der Waals surface area contributed by atoms with Crippen LogP contribution in [-0.2, 0) is 0 Å². The van der Waals surface area contributed by atoms with Gasteiger partial charge in [-0.2, -0.15) is 0 Å². The number of hydrogen-bond acceptors (Lipinski definition) is 1. The molecule has 2 heterocycles. The number of nitrogens with zero attached hydrogens (tertiary/aromatic N) is 4. The summed E-state index contributed by atoms with van der Waals surface area (Å²) < 4.78 is 4.07. The molecule has 0 saturated heterocycles. The molecule has 6 nitrogen and oxygen atoms in total. The quantitative estimate of drug-likeness (QED) is 0.616. The molecule has 0 saturated carbocycles. The topological polar surface area (TPSA) is 98.8 Å².